The zero-order valence-corrected chi connectivity index (χ0v) is 11.7. The van der Waals surface area contributed by atoms with Crippen molar-refractivity contribution in [2.75, 3.05) is 7.11 Å². The summed E-state index contributed by atoms with van der Waals surface area (Å²) in [6.07, 6.45) is 2.73. The summed E-state index contributed by atoms with van der Waals surface area (Å²) in [5.41, 5.74) is 1.15. The molecule has 2 atom stereocenters. The normalized spacial score (nSPS) is 30.3. The van der Waals surface area contributed by atoms with Gasteiger partial charge >= 0.3 is 0 Å². The van der Waals surface area contributed by atoms with Crippen LogP contribution in [0.1, 0.15) is 25.8 Å². The number of hydrogen-bond donors (Lipinski definition) is 1. The van der Waals surface area contributed by atoms with Gasteiger partial charge in [0.25, 0.3) is 0 Å². The Morgan fingerprint density at radius 2 is 2.00 bits per heavy atom. The first-order valence-corrected chi connectivity index (χ1v) is 6.59. The van der Waals surface area contributed by atoms with E-state index in [2.05, 4.69) is 0 Å². The first-order chi connectivity index (χ1) is 9.08. The van der Waals surface area contributed by atoms with Crippen molar-refractivity contribution in [2.24, 2.45) is 0 Å². The highest BCUT2D eigenvalue weighted by Crippen LogP contribution is 2.31. The summed E-state index contributed by atoms with van der Waals surface area (Å²) >= 11 is 0. The van der Waals surface area contributed by atoms with Gasteiger partial charge < -0.3 is 19.6 Å². The predicted octanol–water partition coefficient (Wildman–Crippen LogP) is 2.80. The molecule has 1 fully saturated rings. The van der Waals surface area contributed by atoms with Crippen molar-refractivity contribution in [3.05, 3.63) is 29.8 Å². The standard InChI is InChI=1S/C15H21NO3/c1-11-12(2)19-15(10-16,18-11)8-7-13-5-4-6-14(9-13)17-3/h4-6,9-12,16H,7-8H2,1-3H3. The van der Waals surface area contributed by atoms with Crippen LogP contribution in [0.15, 0.2) is 24.3 Å². The van der Waals surface area contributed by atoms with Gasteiger partial charge in [-0.15, -0.1) is 0 Å². The number of ether oxygens (including phenoxy) is 3. The Morgan fingerprint density at radius 1 is 1.32 bits per heavy atom. The highest BCUT2D eigenvalue weighted by Gasteiger charge is 2.42. The Labute approximate surface area is 114 Å². The van der Waals surface area contributed by atoms with Crippen LogP contribution in [-0.2, 0) is 15.9 Å². The van der Waals surface area contributed by atoms with E-state index in [1.165, 1.54) is 6.21 Å². The molecule has 0 aliphatic carbocycles. The van der Waals surface area contributed by atoms with Crippen LogP contribution in [0, 0.1) is 5.41 Å². The molecule has 0 bridgehead atoms. The highest BCUT2D eigenvalue weighted by atomic mass is 16.8. The molecule has 1 aromatic rings. The van der Waals surface area contributed by atoms with E-state index in [4.69, 9.17) is 19.6 Å². The van der Waals surface area contributed by atoms with Crippen LogP contribution in [0.4, 0.5) is 0 Å². The minimum atomic E-state index is -0.873. The van der Waals surface area contributed by atoms with Gasteiger partial charge in [-0.05, 0) is 38.0 Å². The van der Waals surface area contributed by atoms with Gasteiger partial charge in [0, 0.05) is 6.42 Å². The Hall–Kier alpha value is -1.39. The maximum Gasteiger partial charge on any atom is 0.205 e. The van der Waals surface area contributed by atoms with Gasteiger partial charge in [-0.25, -0.2) is 0 Å². The molecule has 1 heterocycles. The largest absolute Gasteiger partial charge is 0.497 e. The molecular formula is C15H21NO3. The summed E-state index contributed by atoms with van der Waals surface area (Å²) in [5, 5.41) is 7.57. The summed E-state index contributed by atoms with van der Waals surface area (Å²) in [6, 6.07) is 7.93. The molecule has 1 saturated heterocycles. The third-order valence-electron chi connectivity index (χ3n) is 3.55. The van der Waals surface area contributed by atoms with Gasteiger partial charge in [0.1, 0.15) is 5.75 Å². The first kappa shape index (κ1) is 14.0. The summed E-state index contributed by atoms with van der Waals surface area (Å²) in [7, 11) is 1.66. The Balaban J connectivity index is 2.02. The lowest BCUT2D eigenvalue weighted by atomic mass is 10.0. The van der Waals surface area contributed by atoms with Crippen molar-refractivity contribution >= 4 is 6.21 Å². The molecule has 0 aromatic heterocycles. The smallest absolute Gasteiger partial charge is 0.205 e. The number of methoxy groups -OCH3 is 1. The highest BCUT2D eigenvalue weighted by molar-refractivity contribution is 5.63. The average Bonchev–Trinajstić information content (AvgIpc) is 2.73. The summed E-state index contributed by atoms with van der Waals surface area (Å²) in [5.74, 6) is -0.0292. The molecular weight excluding hydrogens is 242 g/mol. The van der Waals surface area contributed by atoms with E-state index >= 15 is 0 Å². The van der Waals surface area contributed by atoms with E-state index in [0.717, 1.165) is 17.7 Å². The maximum atomic E-state index is 7.57. The summed E-state index contributed by atoms with van der Waals surface area (Å²) < 4.78 is 16.8. The third kappa shape index (κ3) is 3.14. The molecule has 1 aliphatic rings. The second-order valence-corrected chi connectivity index (χ2v) is 4.95. The fourth-order valence-corrected chi connectivity index (χ4v) is 2.25. The van der Waals surface area contributed by atoms with Crippen molar-refractivity contribution in [1.29, 1.82) is 5.41 Å². The molecule has 1 aromatic carbocycles. The van der Waals surface area contributed by atoms with E-state index in [-0.39, 0.29) is 12.2 Å². The number of rotatable bonds is 5. The van der Waals surface area contributed by atoms with E-state index in [0.29, 0.717) is 6.42 Å². The van der Waals surface area contributed by atoms with Gasteiger partial charge in [0.05, 0.1) is 25.5 Å². The quantitative estimate of drug-likeness (QED) is 0.831. The zero-order chi connectivity index (χ0) is 13.9. The minimum Gasteiger partial charge on any atom is -0.497 e. The topological polar surface area (TPSA) is 51.5 Å². The van der Waals surface area contributed by atoms with Crippen molar-refractivity contribution in [1.82, 2.24) is 0 Å². The molecule has 4 nitrogen and oxygen atoms in total. The molecule has 1 N–H and O–H groups in total. The maximum absolute atomic E-state index is 7.57. The fourth-order valence-electron chi connectivity index (χ4n) is 2.25. The Morgan fingerprint density at radius 3 is 2.58 bits per heavy atom. The second-order valence-electron chi connectivity index (χ2n) is 4.95. The van der Waals surface area contributed by atoms with Gasteiger partial charge in [0.2, 0.25) is 5.79 Å². The van der Waals surface area contributed by atoms with Crippen molar-refractivity contribution in [3.63, 3.8) is 0 Å². The zero-order valence-electron chi connectivity index (χ0n) is 11.7. The van der Waals surface area contributed by atoms with E-state index in [9.17, 15) is 0 Å². The molecule has 19 heavy (non-hydrogen) atoms. The SMILES string of the molecule is COc1cccc(CCC2(C=N)OC(C)C(C)O2)c1. The molecule has 0 amide bonds. The van der Waals surface area contributed by atoms with Crippen molar-refractivity contribution in [2.45, 2.75) is 44.7 Å². The van der Waals surface area contributed by atoms with E-state index in [1.54, 1.807) is 7.11 Å². The molecule has 2 unspecified atom stereocenters. The van der Waals surface area contributed by atoms with E-state index in [1.807, 2.05) is 38.1 Å². The monoisotopic (exact) mass is 263 g/mol. The Bertz CT molecular complexity index is 437. The predicted molar refractivity (Wildman–Crippen MR) is 73.9 cm³/mol. The third-order valence-corrected chi connectivity index (χ3v) is 3.55. The molecule has 104 valence electrons. The number of aryl methyl sites for hydroxylation is 1. The van der Waals surface area contributed by atoms with Crippen LogP contribution >= 0.6 is 0 Å². The lowest BCUT2D eigenvalue weighted by molar-refractivity contribution is -0.117. The van der Waals surface area contributed by atoms with Gasteiger partial charge in [-0.3, -0.25) is 0 Å². The van der Waals surface area contributed by atoms with Gasteiger partial charge in [0.15, 0.2) is 0 Å². The molecule has 1 aliphatic heterocycles. The van der Waals surface area contributed by atoms with Crippen LogP contribution in [0.2, 0.25) is 0 Å². The second kappa shape index (κ2) is 5.72. The summed E-state index contributed by atoms with van der Waals surface area (Å²) in [6.45, 7) is 3.95. The van der Waals surface area contributed by atoms with Crippen molar-refractivity contribution < 1.29 is 14.2 Å². The lowest BCUT2D eigenvalue weighted by Crippen LogP contribution is -2.33. The van der Waals surface area contributed by atoms with Crippen molar-refractivity contribution in [3.8, 4) is 5.75 Å². The number of nitrogens with one attached hydrogen (secondary N) is 1. The van der Waals surface area contributed by atoms with Gasteiger partial charge in [-0.2, -0.15) is 0 Å². The molecule has 4 heteroatoms. The molecule has 2 rings (SSSR count). The summed E-state index contributed by atoms with van der Waals surface area (Å²) in [4.78, 5) is 0. The molecule has 0 radical (unpaired) electrons. The van der Waals surface area contributed by atoms with Crippen LogP contribution in [0.5, 0.6) is 5.75 Å². The Kier molecular flexibility index (Phi) is 4.22. The molecule has 0 saturated carbocycles. The van der Waals surface area contributed by atoms with Gasteiger partial charge in [-0.1, -0.05) is 12.1 Å². The van der Waals surface area contributed by atoms with Crippen LogP contribution in [-0.4, -0.2) is 31.3 Å². The molecule has 0 spiro atoms. The first-order valence-electron chi connectivity index (χ1n) is 6.59. The van der Waals surface area contributed by atoms with Crippen LogP contribution in [0.25, 0.3) is 0 Å². The number of benzene rings is 1. The fraction of sp³-hybridized carbons (Fsp3) is 0.533. The lowest BCUT2D eigenvalue weighted by Gasteiger charge is -2.23. The van der Waals surface area contributed by atoms with E-state index < -0.39 is 5.79 Å². The minimum absolute atomic E-state index is 0.0203. The number of hydrogen-bond acceptors (Lipinski definition) is 4. The van der Waals surface area contributed by atoms with Crippen LogP contribution in [0.3, 0.4) is 0 Å². The van der Waals surface area contributed by atoms with Crippen LogP contribution < -0.4 is 4.74 Å². The average molecular weight is 263 g/mol.